The molecule has 1 N–H and O–H groups in total. The lowest BCUT2D eigenvalue weighted by atomic mass is 10.0. The van der Waals surface area contributed by atoms with Gasteiger partial charge in [0.05, 0.1) is 17.7 Å². The Morgan fingerprint density at radius 3 is 2.18 bits per heavy atom. The van der Waals surface area contributed by atoms with E-state index in [-0.39, 0.29) is 6.54 Å². The fourth-order valence-electron chi connectivity index (χ4n) is 2.49. The van der Waals surface area contributed by atoms with Gasteiger partial charge in [0, 0.05) is 5.02 Å². The second kappa shape index (κ2) is 9.21. The van der Waals surface area contributed by atoms with Gasteiger partial charge in [-0.2, -0.15) is 5.10 Å². The zero-order valence-corrected chi connectivity index (χ0v) is 17.9. The molecule has 0 aliphatic heterocycles. The zero-order chi connectivity index (χ0) is 20.9. The van der Waals surface area contributed by atoms with Gasteiger partial charge in [-0.25, -0.2) is 13.8 Å². The summed E-state index contributed by atoms with van der Waals surface area (Å²) in [4.78, 5) is 12.3. The first-order valence-electron chi connectivity index (χ1n) is 8.74. The summed E-state index contributed by atoms with van der Waals surface area (Å²) >= 11 is 5.86. The van der Waals surface area contributed by atoms with Crippen molar-refractivity contribution < 1.29 is 13.2 Å². The lowest BCUT2D eigenvalue weighted by molar-refractivity contribution is -0.119. The first kappa shape index (κ1) is 21.9. The van der Waals surface area contributed by atoms with E-state index < -0.39 is 15.9 Å². The standard InChI is InChI=1S/C20H24ClN3O3S/c1-14(2)16-7-11-19(12-8-16)24(28(4,26)27)13-20(25)23-22-15(3)17-5-9-18(21)10-6-17/h5-12,14H,13H2,1-4H3,(H,23,25)/b22-15-. The van der Waals surface area contributed by atoms with Crippen LogP contribution in [0, 0.1) is 0 Å². The van der Waals surface area contributed by atoms with Crippen molar-refractivity contribution in [1.29, 1.82) is 0 Å². The van der Waals surface area contributed by atoms with Crippen LogP contribution in [0.4, 0.5) is 5.69 Å². The highest BCUT2D eigenvalue weighted by Gasteiger charge is 2.21. The molecule has 150 valence electrons. The number of sulfonamides is 1. The Labute approximate surface area is 171 Å². The van der Waals surface area contributed by atoms with Gasteiger partial charge in [-0.3, -0.25) is 9.10 Å². The van der Waals surface area contributed by atoms with Crippen LogP contribution in [0.2, 0.25) is 5.02 Å². The summed E-state index contributed by atoms with van der Waals surface area (Å²) in [7, 11) is -3.63. The number of hydrazone groups is 1. The van der Waals surface area contributed by atoms with Gasteiger partial charge < -0.3 is 0 Å². The van der Waals surface area contributed by atoms with E-state index in [4.69, 9.17) is 11.6 Å². The summed E-state index contributed by atoms with van der Waals surface area (Å²) < 4.78 is 25.4. The second-order valence-electron chi connectivity index (χ2n) is 6.75. The second-order valence-corrected chi connectivity index (χ2v) is 9.10. The monoisotopic (exact) mass is 421 g/mol. The maximum atomic E-state index is 12.3. The van der Waals surface area contributed by atoms with Gasteiger partial charge in [0.15, 0.2) is 0 Å². The quantitative estimate of drug-likeness (QED) is 0.546. The maximum absolute atomic E-state index is 12.3. The van der Waals surface area contributed by atoms with E-state index in [9.17, 15) is 13.2 Å². The minimum absolute atomic E-state index is 0.328. The summed E-state index contributed by atoms with van der Waals surface area (Å²) in [6.07, 6.45) is 1.07. The van der Waals surface area contributed by atoms with E-state index in [0.717, 1.165) is 21.7 Å². The third-order valence-corrected chi connectivity index (χ3v) is 5.54. The molecule has 0 spiro atoms. The van der Waals surface area contributed by atoms with Crippen molar-refractivity contribution in [3.8, 4) is 0 Å². The lowest BCUT2D eigenvalue weighted by Gasteiger charge is -2.22. The van der Waals surface area contributed by atoms with Crippen LogP contribution in [0.1, 0.15) is 37.8 Å². The van der Waals surface area contributed by atoms with Crippen molar-refractivity contribution in [3.05, 3.63) is 64.7 Å². The van der Waals surface area contributed by atoms with Gasteiger partial charge >= 0.3 is 0 Å². The molecule has 0 saturated carbocycles. The predicted octanol–water partition coefficient (Wildman–Crippen LogP) is 3.77. The van der Waals surface area contributed by atoms with Crippen LogP contribution in [-0.2, 0) is 14.8 Å². The number of rotatable bonds is 7. The molecule has 0 aromatic heterocycles. The maximum Gasteiger partial charge on any atom is 0.260 e. The molecule has 1 amide bonds. The number of benzene rings is 2. The molecule has 2 aromatic carbocycles. The number of amides is 1. The molecule has 0 unspecified atom stereocenters. The van der Waals surface area contributed by atoms with Crippen LogP contribution in [-0.4, -0.2) is 32.8 Å². The number of hydrogen-bond acceptors (Lipinski definition) is 4. The Balaban J connectivity index is 2.13. The molecule has 0 atom stereocenters. The molecule has 0 bridgehead atoms. The summed E-state index contributed by atoms with van der Waals surface area (Å²) in [5, 5.41) is 4.65. The number of carbonyl (C=O) groups is 1. The van der Waals surface area contributed by atoms with E-state index in [1.807, 2.05) is 12.1 Å². The molecular formula is C20H24ClN3O3S. The fraction of sp³-hybridized carbons (Fsp3) is 0.300. The number of hydrogen-bond donors (Lipinski definition) is 1. The van der Waals surface area contributed by atoms with E-state index in [1.54, 1.807) is 43.3 Å². The van der Waals surface area contributed by atoms with Gasteiger partial charge in [-0.1, -0.05) is 49.7 Å². The van der Waals surface area contributed by atoms with Crippen molar-refractivity contribution in [2.24, 2.45) is 5.10 Å². The molecule has 8 heteroatoms. The number of anilines is 1. The topological polar surface area (TPSA) is 78.8 Å². The Morgan fingerprint density at radius 1 is 1.11 bits per heavy atom. The van der Waals surface area contributed by atoms with Gasteiger partial charge in [-0.15, -0.1) is 0 Å². The third-order valence-electron chi connectivity index (χ3n) is 4.15. The van der Waals surface area contributed by atoms with Crippen molar-refractivity contribution in [1.82, 2.24) is 5.43 Å². The molecule has 0 heterocycles. The Morgan fingerprint density at radius 2 is 1.68 bits per heavy atom. The third kappa shape index (κ3) is 6.07. The van der Waals surface area contributed by atoms with Crippen molar-refractivity contribution in [2.75, 3.05) is 17.1 Å². The van der Waals surface area contributed by atoms with Crippen molar-refractivity contribution >= 4 is 38.9 Å². The van der Waals surface area contributed by atoms with Crippen molar-refractivity contribution in [3.63, 3.8) is 0 Å². The SMILES string of the molecule is C/C(=N/NC(=O)CN(c1ccc(C(C)C)cc1)S(C)(=O)=O)c1ccc(Cl)cc1. The Hall–Kier alpha value is -2.38. The largest absolute Gasteiger partial charge is 0.271 e. The van der Waals surface area contributed by atoms with Crippen LogP contribution in [0.25, 0.3) is 0 Å². The van der Waals surface area contributed by atoms with Crippen LogP contribution >= 0.6 is 11.6 Å². The summed E-state index contributed by atoms with van der Waals surface area (Å²) in [6.45, 7) is 5.48. The number of carbonyl (C=O) groups excluding carboxylic acids is 1. The van der Waals surface area contributed by atoms with E-state index in [1.165, 1.54) is 0 Å². The fourth-order valence-corrected chi connectivity index (χ4v) is 3.48. The molecule has 6 nitrogen and oxygen atoms in total. The van der Waals surface area contributed by atoms with Gasteiger partial charge in [0.25, 0.3) is 5.91 Å². The summed E-state index contributed by atoms with van der Waals surface area (Å²) in [5.41, 5.74) is 5.31. The summed E-state index contributed by atoms with van der Waals surface area (Å²) in [6, 6.07) is 14.1. The van der Waals surface area contributed by atoms with Crippen molar-refractivity contribution in [2.45, 2.75) is 26.7 Å². The zero-order valence-electron chi connectivity index (χ0n) is 16.3. The Bertz CT molecular complexity index is 953. The smallest absolute Gasteiger partial charge is 0.260 e. The average Bonchev–Trinajstić information content (AvgIpc) is 2.64. The minimum atomic E-state index is -3.63. The highest BCUT2D eigenvalue weighted by atomic mass is 35.5. The molecule has 0 saturated heterocycles. The van der Waals surface area contributed by atoms with E-state index in [2.05, 4.69) is 24.4 Å². The molecule has 0 aliphatic rings. The number of nitrogens with one attached hydrogen (secondary N) is 1. The molecule has 2 rings (SSSR count). The molecule has 0 radical (unpaired) electrons. The molecule has 0 fully saturated rings. The first-order chi connectivity index (χ1) is 13.1. The molecular weight excluding hydrogens is 398 g/mol. The van der Waals surface area contributed by atoms with Gasteiger partial charge in [0.2, 0.25) is 10.0 Å². The molecule has 0 aliphatic carbocycles. The van der Waals surface area contributed by atoms with E-state index in [0.29, 0.717) is 22.3 Å². The number of nitrogens with zero attached hydrogens (tertiary/aromatic N) is 2. The van der Waals surface area contributed by atoms with Crippen LogP contribution < -0.4 is 9.73 Å². The molecule has 28 heavy (non-hydrogen) atoms. The highest BCUT2D eigenvalue weighted by molar-refractivity contribution is 7.92. The first-order valence-corrected chi connectivity index (χ1v) is 11.0. The number of halogens is 1. The van der Waals surface area contributed by atoms with Crippen LogP contribution in [0.15, 0.2) is 53.6 Å². The highest BCUT2D eigenvalue weighted by Crippen LogP contribution is 2.21. The van der Waals surface area contributed by atoms with Gasteiger partial charge in [0.1, 0.15) is 6.54 Å². The van der Waals surface area contributed by atoms with Gasteiger partial charge in [-0.05, 0) is 48.2 Å². The van der Waals surface area contributed by atoms with Crippen LogP contribution in [0.3, 0.4) is 0 Å². The lowest BCUT2D eigenvalue weighted by Crippen LogP contribution is -2.39. The predicted molar refractivity (Wildman–Crippen MR) is 115 cm³/mol. The minimum Gasteiger partial charge on any atom is -0.271 e. The van der Waals surface area contributed by atoms with Crippen LogP contribution in [0.5, 0.6) is 0 Å². The average molecular weight is 422 g/mol. The Kier molecular flexibility index (Phi) is 7.21. The van der Waals surface area contributed by atoms with E-state index >= 15 is 0 Å². The normalized spacial score (nSPS) is 12.1. The summed E-state index contributed by atoms with van der Waals surface area (Å²) in [5.74, 6) is -0.208. The molecule has 2 aromatic rings.